The summed E-state index contributed by atoms with van der Waals surface area (Å²) in [5.74, 6) is 1.59. The first-order chi connectivity index (χ1) is 6.07. The van der Waals surface area contributed by atoms with E-state index in [0.717, 1.165) is 17.0 Å². The maximum absolute atomic E-state index is 4.47. The highest BCUT2D eigenvalue weighted by Crippen LogP contribution is 2.21. The molecule has 0 aliphatic carbocycles. The van der Waals surface area contributed by atoms with Crippen LogP contribution in [-0.4, -0.2) is 16.6 Å². The van der Waals surface area contributed by atoms with E-state index < -0.39 is 0 Å². The second kappa shape index (κ2) is 4.24. The molecule has 0 atom stereocenters. The third kappa shape index (κ3) is 2.11. The number of rotatable bonds is 3. The minimum atomic E-state index is 0.465. The van der Waals surface area contributed by atoms with Crippen LogP contribution in [0.4, 0.5) is 0 Å². The van der Waals surface area contributed by atoms with E-state index in [2.05, 4.69) is 51.7 Å². The minimum absolute atomic E-state index is 0.465. The van der Waals surface area contributed by atoms with Gasteiger partial charge in [-0.05, 0) is 23.0 Å². The van der Waals surface area contributed by atoms with Crippen LogP contribution in [0.15, 0.2) is 4.60 Å². The van der Waals surface area contributed by atoms with Gasteiger partial charge < -0.3 is 9.88 Å². The molecule has 0 radical (unpaired) electrons. The van der Waals surface area contributed by atoms with Crippen LogP contribution in [0.25, 0.3) is 0 Å². The van der Waals surface area contributed by atoms with Crippen molar-refractivity contribution in [3.63, 3.8) is 0 Å². The molecule has 1 aromatic heterocycles. The maximum Gasteiger partial charge on any atom is 0.128 e. The average Bonchev–Trinajstić information content (AvgIpc) is 2.32. The van der Waals surface area contributed by atoms with E-state index in [1.54, 1.807) is 0 Å². The number of halogens is 1. The van der Waals surface area contributed by atoms with E-state index in [4.69, 9.17) is 0 Å². The highest BCUT2D eigenvalue weighted by Gasteiger charge is 2.13. The standard InChI is InChI=1S/C9H16BrN3/c1-6(2)9-12-8(10)7(5-11-3)13(9)4/h6,11H,5H2,1-4H3. The van der Waals surface area contributed by atoms with Crippen molar-refractivity contribution in [1.82, 2.24) is 14.9 Å². The molecule has 74 valence electrons. The molecule has 0 aliphatic heterocycles. The monoisotopic (exact) mass is 245 g/mol. The number of imidazole rings is 1. The van der Waals surface area contributed by atoms with Crippen LogP contribution in [0.3, 0.4) is 0 Å². The SMILES string of the molecule is CNCc1c(Br)nc(C(C)C)n1C. The zero-order chi connectivity index (χ0) is 10.0. The van der Waals surface area contributed by atoms with Crippen molar-refractivity contribution in [1.29, 1.82) is 0 Å². The maximum atomic E-state index is 4.47. The van der Waals surface area contributed by atoms with Gasteiger partial charge in [0.15, 0.2) is 0 Å². The first-order valence-electron chi connectivity index (χ1n) is 4.43. The summed E-state index contributed by atoms with van der Waals surface area (Å²) >= 11 is 3.47. The van der Waals surface area contributed by atoms with Gasteiger partial charge >= 0.3 is 0 Å². The van der Waals surface area contributed by atoms with E-state index >= 15 is 0 Å². The molecule has 4 heteroatoms. The fraction of sp³-hybridized carbons (Fsp3) is 0.667. The molecule has 0 aromatic carbocycles. The zero-order valence-electron chi connectivity index (χ0n) is 8.56. The van der Waals surface area contributed by atoms with E-state index in [0.29, 0.717) is 5.92 Å². The van der Waals surface area contributed by atoms with Gasteiger partial charge in [0.25, 0.3) is 0 Å². The van der Waals surface area contributed by atoms with Crippen molar-refractivity contribution in [2.45, 2.75) is 26.3 Å². The molecule has 1 rings (SSSR count). The van der Waals surface area contributed by atoms with Gasteiger partial charge in [-0.3, -0.25) is 0 Å². The molecule has 0 spiro atoms. The van der Waals surface area contributed by atoms with E-state index in [-0.39, 0.29) is 0 Å². The van der Waals surface area contributed by atoms with Gasteiger partial charge in [0.2, 0.25) is 0 Å². The van der Waals surface area contributed by atoms with E-state index in [9.17, 15) is 0 Å². The normalized spacial score (nSPS) is 11.2. The molecule has 0 bridgehead atoms. The predicted molar refractivity (Wildman–Crippen MR) is 57.8 cm³/mol. The molecule has 13 heavy (non-hydrogen) atoms. The summed E-state index contributed by atoms with van der Waals surface area (Å²) in [6.07, 6.45) is 0. The van der Waals surface area contributed by atoms with Crippen LogP contribution in [0, 0.1) is 0 Å². The molecule has 0 saturated heterocycles. The highest BCUT2D eigenvalue weighted by atomic mass is 79.9. The van der Waals surface area contributed by atoms with Gasteiger partial charge in [-0.15, -0.1) is 0 Å². The zero-order valence-corrected chi connectivity index (χ0v) is 10.1. The van der Waals surface area contributed by atoms with Crippen molar-refractivity contribution in [2.24, 2.45) is 7.05 Å². The van der Waals surface area contributed by atoms with Gasteiger partial charge in [-0.1, -0.05) is 13.8 Å². The molecule has 0 saturated carbocycles. The summed E-state index contributed by atoms with van der Waals surface area (Å²) in [7, 11) is 3.99. The summed E-state index contributed by atoms with van der Waals surface area (Å²) in [5, 5.41) is 3.13. The van der Waals surface area contributed by atoms with Gasteiger partial charge in [0, 0.05) is 19.5 Å². The Kier molecular flexibility index (Phi) is 3.50. The summed E-state index contributed by atoms with van der Waals surface area (Å²) in [4.78, 5) is 4.47. The van der Waals surface area contributed by atoms with Crippen molar-refractivity contribution in [3.8, 4) is 0 Å². The highest BCUT2D eigenvalue weighted by molar-refractivity contribution is 9.10. The Hall–Kier alpha value is -0.350. The lowest BCUT2D eigenvalue weighted by molar-refractivity contribution is 0.667. The molecule has 0 fully saturated rings. The largest absolute Gasteiger partial charge is 0.333 e. The van der Waals surface area contributed by atoms with Crippen LogP contribution >= 0.6 is 15.9 Å². The Bertz CT molecular complexity index is 291. The molecule has 1 aromatic rings. The second-order valence-electron chi connectivity index (χ2n) is 3.45. The molecular formula is C9H16BrN3. The van der Waals surface area contributed by atoms with Crippen LogP contribution < -0.4 is 5.32 Å². The molecule has 0 amide bonds. The number of hydrogen-bond acceptors (Lipinski definition) is 2. The topological polar surface area (TPSA) is 29.9 Å². The number of aromatic nitrogens is 2. The van der Waals surface area contributed by atoms with Crippen LogP contribution in [0.1, 0.15) is 31.3 Å². The number of hydrogen-bond donors (Lipinski definition) is 1. The van der Waals surface area contributed by atoms with Crippen molar-refractivity contribution in [3.05, 3.63) is 16.1 Å². The third-order valence-electron chi connectivity index (χ3n) is 2.06. The van der Waals surface area contributed by atoms with Gasteiger partial charge in [0.05, 0.1) is 5.69 Å². The first kappa shape index (κ1) is 10.7. The fourth-order valence-electron chi connectivity index (χ4n) is 1.39. The van der Waals surface area contributed by atoms with Crippen molar-refractivity contribution >= 4 is 15.9 Å². The Morgan fingerprint density at radius 1 is 1.54 bits per heavy atom. The fourth-order valence-corrected chi connectivity index (χ4v) is 1.98. The van der Waals surface area contributed by atoms with Crippen LogP contribution in [0.5, 0.6) is 0 Å². The van der Waals surface area contributed by atoms with Crippen molar-refractivity contribution < 1.29 is 0 Å². The summed E-state index contributed by atoms with van der Waals surface area (Å²) in [6, 6.07) is 0. The quantitative estimate of drug-likeness (QED) is 0.884. The number of nitrogens with one attached hydrogen (secondary N) is 1. The minimum Gasteiger partial charge on any atom is -0.333 e. The molecule has 1 N–H and O–H groups in total. The molecule has 3 nitrogen and oxygen atoms in total. The van der Waals surface area contributed by atoms with Crippen LogP contribution in [0.2, 0.25) is 0 Å². The van der Waals surface area contributed by atoms with Gasteiger partial charge in [0.1, 0.15) is 10.4 Å². The lowest BCUT2D eigenvalue weighted by atomic mass is 10.2. The van der Waals surface area contributed by atoms with E-state index in [1.165, 1.54) is 5.69 Å². The lowest BCUT2D eigenvalue weighted by Crippen LogP contribution is -2.11. The average molecular weight is 246 g/mol. The molecule has 1 heterocycles. The Morgan fingerprint density at radius 2 is 2.15 bits per heavy atom. The van der Waals surface area contributed by atoms with E-state index in [1.807, 2.05) is 7.05 Å². The predicted octanol–water partition coefficient (Wildman–Crippen LogP) is 2.03. The lowest BCUT2D eigenvalue weighted by Gasteiger charge is -2.07. The Morgan fingerprint density at radius 3 is 2.54 bits per heavy atom. The number of nitrogens with zero attached hydrogens (tertiary/aromatic N) is 2. The second-order valence-corrected chi connectivity index (χ2v) is 4.20. The molecular weight excluding hydrogens is 230 g/mol. The Balaban J connectivity index is 3.07. The molecule has 0 unspecified atom stereocenters. The smallest absolute Gasteiger partial charge is 0.128 e. The van der Waals surface area contributed by atoms with Gasteiger partial charge in [-0.25, -0.2) is 4.98 Å². The van der Waals surface area contributed by atoms with Crippen LogP contribution in [-0.2, 0) is 13.6 Å². The Labute approximate surface area is 87.7 Å². The first-order valence-corrected chi connectivity index (χ1v) is 5.22. The summed E-state index contributed by atoms with van der Waals surface area (Å²) < 4.78 is 3.10. The van der Waals surface area contributed by atoms with Gasteiger partial charge in [-0.2, -0.15) is 0 Å². The summed E-state index contributed by atoms with van der Waals surface area (Å²) in [6.45, 7) is 5.15. The third-order valence-corrected chi connectivity index (χ3v) is 2.69. The summed E-state index contributed by atoms with van der Waals surface area (Å²) in [5.41, 5.74) is 1.20. The van der Waals surface area contributed by atoms with Crippen molar-refractivity contribution in [2.75, 3.05) is 7.05 Å². The molecule has 0 aliphatic rings.